The SMILES string of the molecule is COc1nc2ccccc2cc1C1(C)CO1. The quantitative estimate of drug-likeness (QED) is 0.722. The van der Waals surface area contributed by atoms with Gasteiger partial charge in [-0.25, -0.2) is 4.98 Å². The van der Waals surface area contributed by atoms with Crippen LogP contribution >= 0.6 is 0 Å². The number of hydrogen-bond donors (Lipinski definition) is 0. The van der Waals surface area contributed by atoms with E-state index in [0.29, 0.717) is 5.88 Å². The lowest BCUT2D eigenvalue weighted by molar-refractivity contribution is 0.313. The predicted molar refractivity (Wildman–Crippen MR) is 61.6 cm³/mol. The van der Waals surface area contributed by atoms with Crippen molar-refractivity contribution in [3.05, 3.63) is 35.9 Å². The smallest absolute Gasteiger partial charge is 0.219 e. The number of para-hydroxylation sites is 1. The zero-order valence-corrected chi connectivity index (χ0v) is 9.36. The molecule has 0 saturated carbocycles. The average Bonchev–Trinajstić information content (AvgIpc) is 3.07. The molecule has 0 radical (unpaired) electrons. The van der Waals surface area contributed by atoms with Crippen molar-refractivity contribution in [2.75, 3.05) is 13.7 Å². The zero-order valence-electron chi connectivity index (χ0n) is 9.36. The van der Waals surface area contributed by atoms with E-state index in [1.807, 2.05) is 18.2 Å². The van der Waals surface area contributed by atoms with Crippen LogP contribution < -0.4 is 4.74 Å². The van der Waals surface area contributed by atoms with E-state index < -0.39 is 0 Å². The highest BCUT2D eigenvalue weighted by molar-refractivity contribution is 5.80. The normalized spacial score (nSPS) is 23.4. The summed E-state index contributed by atoms with van der Waals surface area (Å²) < 4.78 is 10.8. The highest BCUT2D eigenvalue weighted by Crippen LogP contribution is 2.42. The van der Waals surface area contributed by atoms with Crippen molar-refractivity contribution in [2.24, 2.45) is 0 Å². The standard InChI is InChI=1S/C13H13NO2/c1-13(8-16-13)10-7-9-5-3-4-6-11(9)14-12(10)15-2/h3-7H,8H2,1-2H3. The number of aromatic nitrogens is 1. The molecular formula is C13H13NO2. The van der Waals surface area contributed by atoms with Crippen LogP contribution in [0.25, 0.3) is 10.9 Å². The second-order valence-corrected chi connectivity index (χ2v) is 4.26. The van der Waals surface area contributed by atoms with Gasteiger partial charge in [-0.1, -0.05) is 18.2 Å². The van der Waals surface area contributed by atoms with Gasteiger partial charge in [-0.2, -0.15) is 0 Å². The Kier molecular flexibility index (Phi) is 1.91. The molecule has 0 aliphatic carbocycles. The first-order valence-electron chi connectivity index (χ1n) is 5.31. The highest BCUT2D eigenvalue weighted by Gasteiger charge is 2.44. The van der Waals surface area contributed by atoms with Crippen LogP contribution in [-0.4, -0.2) is 18.7 Å². The summed E-state index contributed by atoms with van der Waals surface area (Å²) in [5, 5.41) is 1.12. The van der Waals surface area contributed by atoms with E-state index in [9.17, 15) is 0 Å². The molecular weight excluding hydrogens is 202 g/mol. The third-order valence-corrected chi connectivity index (χ3v) is 3.03. The van der Waals surface area contributed by atoms with E-state index in [0.717, 1.165) is 23.1 Å². The van der Waals surface area contributed by atoms with Crippen molar-refractivity contribution >= 4 is 10.9 Å². The molecule has 1 aliphatic rings. The van der Waals surface area contributed by atoms with Gasteiger partial charge in [-0.15, -0.1) is 0 Å². The third kappa shape index (κ3) is 1.36. The molecule has 1 fully saturated rings. The Bertz CT molecular complexity index is 547. The van der Waals surface area contributed by atoms with Gasteiger partial charge in [-0.05, 0) is 19.1 Å². The maximum Gasteiger partial charge on any atom is 0.219 e. The summed E-state index contributed by atoms with van der Waals surface area (Å²) in [4.78, 5) is 4.50. The number of hydrogen-bond acceptors (Lipinski definition) is 3. The summed E-state index contributed by atoms with van der Waals surface area (Å²) in [6.07, 6.45) is 0. The highest BCUT2D eigenvalue weighted by atomic mass is 16.6. The summed E-state index contributed by atoms with van der Waals surface area (Å²) >= 11 is 0. The van der Waals surface area contributed by atoms with E-state index in [1.165, 1.54) is 0 Å². The van der Waals surface area contributed by atoms with Gasteiger partial charge < -0.3 is 9.47 Å². The van der Waals surface area contributed by atoms with Crippen molar-refractivity contribution in [3.8, 4) is 5.88 Å². The number of ether oxygens (including phenoxy) is 2. The first kappa shape index (κ1) is 9.60. The van der Waals surface area contributed by atoms with Crippen molar-refractivity contribution in [1.29, 1.82) is 0 Å². The Morgan fingerprint density at radius 3 is 2.81 bits per heavy atom. The maximum atomic E-state index is 5.45. The lowest BCUT2D eigenvalue weighted by Gasteiger charge is -2.11. The first-order valence-corrected chi connectivity index (χ1v) is 5.31. The molecule has 1 atom stereocenters. The van der Waals surface area contributed by atoms with Crippen LogP contribution in [0.5, 0.6) is 5.88 Å². The van der Waals surface area contributed by atoms with E-state index in [-0.39, 0.29) is 5.60 Å². The zero-order chi connectivity index (χ0) is 11.2. The molecule has 3 rings (SSSR count). The molecule has 1 aliphatic heterocycles. The minimum atomic E-state index is -0.206. The molecule has 2 heterocycles. The van der Waals surface area contributed by atoms with Gasteiger partial charge in [-0.3, -0.25) is 0 Å². The Balaban J connectivity index is 2.26. The van der Waals surface area contributed by atoms with Gasteiger partial charge in [0.05, 0.1) is 19.2 Å². The number of nitrogens with zero attached hydrogens (tertiary/aromatic N) is 1. The topological polar surface area (TPSA) is 34.6 Å². The molecule has 1 aromatic heterocycles. The van der Waals surface area contributed by atoms with Gasteiger partial charge in [0.1, 0.15) is 5.60 Å². The first-order chi connectivity index (χ1) is 7.73. The number of epoxide rings is 1. The van der Waals surface area contributed by atoms with Crippen LogP contribution in [0.15, 0.2) is 30.3 Å². The van der Waals surface area contributed by atoms with Crippen LogP contribution in [0, 0.1) is 0 Å². The molecule has 1 saturated heterocycles. The fraction of sp³-hybridized carbons (Fsp3) is 0.308. The number of pyridine rings is 1. The molecule has 1 unspecified atom stereocenters. The van der Waals surface area contributed by atoms with Gasteiger partial charge in [0, 0.05) is 10.9 Å². The van der Waals surface area contributed by atoms with E-state index >= 15 is 0 Å². The van der Waals surface area contributed by atoms with Gasteiger partial charge >= 0.3 is 0 Å². The lowest BCUT2D eigenvalue weighted by Crippen LogP contribution is -2.06. The lowest BCUT2D eigenvalue weighted by atomic mass is 10.0. The molecule has 0 bridgehead atoms. The predicted octanol–water partition coefficient (Wildman–Crippen LogP) is 2.49. The van der Waals surface area contributed by atoms with Crippen molar-refractivity contribution < 1.29 is 9.47 Å². The molecule has 3 heteroatoms. The molecule has 0 amide bonds. The van der Waals surface area contributed by atoms with Gasteiger partial charge in [0.25, 0.3) is 0 Å². The molecule has 3 nitrogen and oxygen atoms in total. The minimum Gasteiger partial charge on any atom is -0.481 e. The Morgan fingerprint density at radius 1 is 1.38 bits per heavy atom. The summed E-state index contributed by atoms with van der Waals surface area (Å²) in [5.74, 6) is 0.665. The number of fused-ring (bicyclic) bond motifs is 1. The Morgan fingerprint density at radius 2 is 2.12 bits per heavy atom. The minimum absolute atomic E-state index is 0.206. The molecule has 16 heavy (non-hydrogen) atoms. The Labute approximate surface area is 94.0 Å². The second-order valence-electron chi connectivity index (χ2n) is 4.26. The average molecular weight is 215 g/mol. The van der Waals surface area contributed by atoms with Gasteiger partial charge in [0.15, 0.2) is 0 Å². The van der Waals surface area contributed by atoms with Crippen molar-refractivity contribution in [1.82, 2.24) is 4.98 Å². The molecule has 0 N–H and O–H groups in total. The van der Waals surface area contributed by atoms with Crippen LogP contribution in [0.3, 0.4) is 0 Å². The summed E-state index contributed by atoms with van der Waals surface area (Å²) in [6.45, 7) is 2.80. The Hall–Kier alpha value is -1.61. The summed E-state index contributed by atoms with van der Waals surface area (Å²) in [6, 6.07) is 10.1. The monoisotopic (exact) mass is 215 g/mol. The molecule has 82 valence electrons. The van der Waals surface area contributed by atoms with E-state index in [2.05, 4.69) is 24.0 Å². The van der Waals surface area contributed by atoms with Crippen LogP contribution in [0.4, 0.5) is 0 Å². The molecule has 2 aromatic rings. The third-order valence-electron chi connectivity index (χ3n) is 3.03. The maximum absolute atomic E-state index is 5.45. The molecule has 1 aromatic carbocycles. The van der Waals surface area contributed by atoms with Gasteiger partial charge in [0.2, 0.25) is 5.88 Å². The molecule has 0 spiro atoms. The number of rotatable bonds is 2. The van der Waals surface area contributed by atoms with Crippen molar-refractivity contribution in [2.45, 2.75) is 12.5 Å². The number of benzene rings is 1. The van der Waals surface area contributed by atoms with Crippen LogP contribution in [0.2, 0.25) is 0 Å². The van der Waals surface area contributed by atoms with E-state index in [1.54, 1.807) is 7.11 Å². The number of methoxy groups -OCH3 is 1. The van der Waals surface area contributed by atoms with Crippen LogP contribution in [-0.2, 0) is 10.3 Å². The largest absolute Gasteiger partial charge is 0.481 e. The van der Waals surface area contributed by atoms with Crippen molar-refractivity contribution in [3.63, 3.8) is 0 Å². The summed E-state index contributed by atoms with van der Waals surface area (Å²) in [5.41, 5.74) is 1.78. The summed E-state index contributed by atoms with van der Waals surface area (Å²) in [7, 11) is 1.65. The van der Waals surface area contributed by atoms with E-state index in [4.69, 9.17) is 9.47 Å². The second kappa shape index (κ2) is 3.19. The fourth-order valence-electron chi connectivity index (χ4n) is 1.90. The fourth-order valence-corrected chi connectivity index (χ4v) is 1.90. The van der Waals surface area contributed by atoms with Crippen LogP contribution in [0.1, 0.15) is 12.5 Å².